The van der Waals surface area contributed by atoms with Crippen LogP contribution in [0.2, 0.25) is 0 Å². The zero-order valence-electron chi connectivity index (χ0n) is 12.4. The van der Waals surface area contributed by atoms with Crippen molar-refractivity contribution in [3.05, 3.63) is 23.1 Å². The van der Waals surface area contributed by atoms with Crippen molar-refractivity contribution in [2.75, 3.05) is 31.6 Å². The fourth-order valence-electron chi connectivity index (χ4n) is 3.62. The van der Waals surface area contributed by atoms with Crippen molar-refractivity contribution in [2.24, 2.45) is 5.92 Å². The Morgan fingerprint density at radius 2 is 2.24 bits per heavy atom. The Hall–Kier alpha value is -1.46. The molecular formula is C16H19N3OS. The minimum Gasteiger partial charge on any atom is -0.355 e. The number of fused-ring (bicyclic) bond motifs is 2. The van der Waals surface area contributed by atoms with E-state index in [2.05, 4.69) is 29.0 Å². The minimum absolute atomic E-state index is 0.122. The summed E-state index contributed by atoms with van der Waals surface area (Å²) in [7, 11) is 2.23. The summed E-state index contributed by atoms with van der Waals surface area (Å²) in [5, 5.41) is 1.07. The van der Waals surface area contributed by atoms with Crippen LogP contribution in [-0.4, -0.2) is 48.4 Å². The Kier molecular flexibility index (Phi) is 3.01. The summed E-state index contributed by atoms with van der Waals surface area (Å²) in [4.78, 5) is 22.9. The molecule has 2 aliphatic heterocycles. The number of hydrogen-bond donors (Lipinski definition) is 0. The van der Waals surface area contributed by atoms with E-state index in [1.807, 2.05) is 6.07 Å². The molecule has 0 bridgehead atoms. The maximum atomic E-state index is 11.5. The van der Waals surface area contributed by atoms with Crippen molar-refractivity contribution in [3.8, 4) is 0 Å². The van der Waals surface area contributed by atoms with Crippen LogP contribution in [0.5, 0.6) is 0 Å². The van der Waals surface area contributed by atoms with Gasteiger partial charge in [-0.15, -0.1) is 11.3 Å². The number of ketones is 1. The first-order valence-corrected chi connectivity index (χ1v) is 8.30. The highest BCUT2D eigenvalue weighted by Gasteiger charge is 2.39. The Morgan fingerprint density at radius 3 is 3.00 bits per heavy atom. The fraction of sp³-hybridized carbons (Fsp3) is 0.500. The van der Waals surface area contributed by atoms with Gasteiger partial charge >= 0.3 is 0 Å². The van der Waals surface area contributed by atoms with Crippen molar-refractivity contribution in [3.63, 3.8) is 0 Å². The van der Waals surface area contributed by atoms with Crippen LogP contribution in [0.3, 0.4) is 0 Å². The van der Waals surface area contributed by atoms with Gasteiger partial charge < -0.3 is 9.80 Å². The van der Waals surface area contributed by atoms with E-state index < -0.39 is 0 Å². The third-order valence-corrected chi connectivity index (χ3v) is 6.01. The summed E-state index contributed by atoms with van der Waals surface area (Å²) in [6.45, 7) is 5.02. The Morgan fingerprint density at radius 1 is 1.38 bits per heavy atom. The van der Waals surface area contributed by atoms with Crippen molar-refractivity contribution in [2.45, 2.75) is 19.4 Å². The highest BCUT2D eigenvalue weighted by Crippen LogP contribution is 2.34. The summed E-state index contributed by atoms with van der Waals surface area (Å²) in [6, 6.07) is 6.82. The van der Waals surface area contributed by atoms with Crippen molar-refractivity contribution in [1.29, 1.82) is 0 Å². The quantitative estimate of drug-likeness (QED) is 0.799. The lowest BCUT2D eigenvalue weighted by molar-refractivity contribution is 0.102. The predicted molar refractivity (Wildman–Crippen MR) is 86.4 cm³/mol. The number of Topliss-reactive ketones (excluding diaryl/α,β-unsaturated/α-hetero) is 1. The highest BCUT2D eigenvalue weighted by atomic mass is 32.1. The van der Waals surface area contributed by atoms with Gasteiger partial charge in [0.15, 0.2) is 5.78 Å². The molecule has 2 aromatic rings. The molecule has 4 nitrogen and oxygen atoms in total. The summed E-state index contributed by atoms with van der Waals surface area (Å²) >= 11 is 1.50. The molecule has 2 fully saturated rings. The molecule has 0 saturated carbocycles. The summed E-state index contributed by atoms with van der Waals surface area (Å²) in [5.74, 6) is 1.96. The number of aromatic nitrogens is 1. The predicted octanol–water partition coefficient (Wildman–Crippen LogP) is 2.64. The van der Waals surface area contributed by atoms with Crippen molar-refractivity contribution in [1.82, 2.24) is 9.88 Å². The molecule has 0 N–H and O–H groups in total. The number of rotatable bonds is 2. The number of carbonyl (C=O) groups excluding carboxylic acids is 1. The number of anilines is 1. The van der Waals surface area contributed by atoms with Crippen LogP contribution < -0.4 is 4.90 Å². The van der Waals surface area contributed by atoms with Gasteiger partial charge in [-0.1, -0.05) is 0 Å². The van der Waals surface area contributed by atoms with Crippen LogP contribution in [0.1, 0.15) is 23.0 Å². The number of thiophene rings is 1. The molecular weight excluding hydrogens is 282 g/mol. The second-order valence-electron chi connectivity index (χ2n) is 6.23. The van der Waals surface area contributed by atoms with E-state index in [0.29, 0.717) is 6.04 Å². The van der Waals surface area contributed by atoms with E-state index in [1.165, 1.54) is 24.3 Å². The standard InChI is InChI=1S/C16H19N3OS/c1-10(20)14-7-11-3-4-15(17-16(11)21-14)19-8-12-5-6-18(2)13(12)9-19/h3-4,7,12-13H,5-6,8-9H2,1-2H3/t12-,13+/m1/s1. The fourth-order valence-corrected chi connectivity index (χ4v) is 4.54. The Bertz CT molecular complexity index is 711. The first-order chi connectivity index (χ1) is 10.1. The van der Waals surface area contributed by atoms with E-state index >= 15 is 0 Å². The molecule has 2 atom stereocenters. The largest absolute Gasteiger partial charge is 0.355 e. The maximum absolute atomic E-state index is 11.5. The highest BCUT2D eigenvalue weighted by molar-refractivity contribution is 7.20. The van der Waals surface area contributed by atoms with E-state index in [0.717, 1.165) is 39.9 Å². The molecule has 5 heteroatoms. The molecule has 4 rings (SSSR count). The second-order valence-corrected chi connectivity index (χ2v) is 7.26. The van der Waals surface area contributed by atoms with Gasteiger partial charge in [0, 0.05) is 24.5 Å². The number of hydrogen-bond acceptors (Lipinski definition) is 5. The number of likely N-dealkylation sites (tertiary alicyclic amines) is 1. The van der Waals surface area contributed by atoms with Gasteiger partial charge in [0.25, 0.3) is 0 Å². The van der Waals surface area contributed by atoms with E-state index in [-0.39, 0.29) is 5.78 Å². The molecule has 0 aliphatic carbocycles. The number of pyridine rings is 1. The molecule has 0 aromatic carbocycles. The minimum atomic E-state index is 0.122. The number of likely N-dealkylation sites (N-methyl/N-ethyl adjacent to an activating group) is 1. The average molecular weight is 301 g/mol. The lowest BCUT2D eigenvalue weighted by atomic mass is 10.1. The van der Waals surface area contributed by atoms with Crippen LogP contribution in [0.15, 0.2) is 18.2 Å². The molecule has 2 aliphatic rings. The second kappa shape index (κ2) is 4.78. The molecule has 2 aromatic heterocycles. The third kappa shape index (κ3) is 2.15. The first-order valence-electron chi connectivity index (χ1n) is 7.48. The van der Waals surface area contributed by atoms with Crippen LogP contribution in [-0.2, 0) is 0 Å². The van der Waals surface area contributed by atoms with E-state index in [9.17, 15) is 4.79 Å². The van der Waals surface area contributed by atoms with Crippen molar-refractivity contribution < 1.29 is 4.79 Å². The third-order valence-electron chi connectivity index (χ3n) is 4.86. The van der Waals surface area contributed by atoms with Crippen LogP contribution in [0.4, 0.5) is 5.82 Å². The lowest BCUT2D eigenvalue weighted by Gasteiger charge is -2.21. The molecule has 2 saturated heterocycles. The zero-order chi connectivity index (χ0) is 14.6. The van der Waals surface area contributed by atoms with Crippen LogP contribution in [0, 0.1) is 5.92 Å². The molecule has 110 valence electrons. The van der Waals surface area contributed by atoms with E-state index in [4.69, 9.17) is 4.98 Å². The normalized spacial score (nSPS) is 25.7. The smallest absolute Gasteiger partial charge is 0.169 e. The van der Waals surface area contributed by atoms with Crippen LogP contribution in [0.25, 0.3) is 10.2 Å². The lowest BCUT2D eigenvalue weighted by Crippen LogP contribution is -2.32. The SMILES string of the molecule is CC(=O)c1cc2ccc(N3C[C@H]4CCN(C)[C@H]4C3)nc2s1. The Labute approximate surface area is 128 Å². The summed E-state index contributed by atoms with van der Waals surface area (Å²) in [6.07, 6.45) is 1.30. The molecule has 0 unspecified atom stereocenters. The maximum Gasteiger partial charge on any atom is 0.169 e. The topological polar surface area (TPSA) is 36.4 Å². The van der Waals surface area contributed by atoms with Gasteiger partial charge in [0.2, 0.25) is 0 Å². The molecule has 0 radical (unpaired) electrons. The van der Waals surface area contributed by atoms with Gasteiger partial charge in [-0.25, -0.2) is 4.98 Å². The van der Waals surface area contributed by atoms with E-state index in [1.54, 1.807) is 6.92 Å². The van der Waals surface area contributed by atoms with Gasteiger partial charge in [-0.05, 0) is 51.1 Å². The molecule has 4 heterocycles. The zero-order valence-corrected chi connectivity index (χ0v) is 13.2. The Balaban J connectivity index is 1.64. The van der Waals surface area contributed by atoms with Gasteiger partial charge in [-0.3, -0.25) is 4.79 Å². The van der Waals surface area contributed by atoms with Gasteiger partial charge in [0.1, 0.15) is 10.6 Å². The van der Waals surface area contributed by atoms with Gasteiger partial charge in [0.05, 0.1) is 4.88 Å². The summed E-state index contributed by atoms with van der Waals surface area (Å²) < 4.78 is 0. The molecule has 0 spiro atoms. The molecule has 0 amide bonds. The first kappa shape index (κ1) is 13.2. The number of carbonyl (C=O) groups is 1. The molecule has 21 heavy (non-hydrogen) atoms. The monoisotopic (exact) mass is 301 g/mol. The average Bonchev–Trinajstić information content (AvgIpc) is 3.13. The van der Waals surface area contributed by atoms with Gasteiger partial charge in [-0.2, -0.15) is 0 Å². The van der Waals surface area contributed by atoms with Crippen LogP contribution >= 0.6 is 11.3 Å². The number of nitrogens with zero attached hydrogens (tertiary/aromatic N) is 3. The van der Waals surface area contributed by atoms with Crippen molar-refractivity contribution >= 4 is 33.2 Å². The summed E-state index contributed by atoms with van der Waals surface area (Å²) in [5.41, 5.74) is 0.